The van der Waals surface area contributed by atoms with E-state index in [1.807, 2.05) is 12.1 Å². The smallest absolute Gasteiger partial charge is 0.158 e. The molecule has 2 saturated heterocycles. The summed E-state index contributed by atoms with van der Waals surface area (Å²) < 4.78 is 35.1. The Morgan fingerprint density at radius 2 is 2.00 bits per heavy atom. The standard InChI is InChI=1S/C16H22ClNO4S/c1-21-10-13-6-9-23(19,20)16(13)11-18(12-16)7-8-22-15-4-2-14(17)3-5-15/h2-5,13H,6-12H2,1H3/t13-/m0/s1. The van der Waals surface area contributed by atoms with Crippen LogP contribution >= 0.6 is 11.6 Å². The molecule has 0 aromatic heterocycles. The van der Waals surface area contributed by atoms with Crippen LogP contribution in [0.2, 0.25) is 5.02 Å². The Morgan fingerprint density at radius 1 is 1.30 bits per heavy atom. The molecule has 0 aliphatic carbocycles. The SMILES string of the molecule is COC[C@@H]1CCS(=O)(=O)C12CN(CCOc1ccc(Cl)cc1)C2. The van der Waals surface area contributed by atoms with Crippen molar-refractivity contribution in [2.45, 2.75) is 11.2 Å². The number of halogens is 1. The molecule has 1 spiro atoms. The summed E-state index contributed by atoms with van der Waals surface area (Å²) in [5, 5.41) is 0.678. The molecule has 23 heavy (non-hydrogen) atoms. The van der Waals surface area contributed by atoms with Gasteiger partial charge < -0.3 is 9.47 Å². The Kier molecular flexibility index (Phi) is 4.88. The van der Waals surface area contributed by atoms with Gasteiger partial charge in [-0.1, -0.05) is 11.6 Å². The third-order valence-electron chi connectivity index (χ3n) is 4.94. The average molecular weight is 360 g/mol. The molecule has 3 rings (SSSR count). The Labute approximate surface area is 142 Å². The van der Waals surface area contributed by atoms with Crippen LogP contribution in [0.5, 0.6) is 5.75 Å². The van der Waals surface area contributed by atoms with Crippen LogP contribution in [0.15, 0.2) is 24.3 Å². The quantitative estimate of drug-likeness (QED) is 0.776. The summed E-state index contributed by atoms with van der Waals surface area (Å²) in [7, 11) is -1.38. The molecule has 2 aliphatic rings. The summed E-state index contributed by atoms with van der Waals surface area (Å²) in [6.45, 7) is 2.96. The van der Waals surface area contributed by atoms with Gasteiger partial charge in [0.25, 0.3) is 0 Å². The monoisotopic (exact) mass is 359 g/mol. The lowest BCUT2D eigenvalue weighted by Crippen LogP contribution is -2.67. The number of sulfone groups is 1. The minimum Gasteiger partial charge on any atom is -0.492 e. The van der Waals surface area contributed by atoms with Crippen LogP contribution in [0.1, 0.15) is 6.42 Å². The van der Waals surface area contributed by atoms with Gasteiger partial charge >= 0.3 is 0 Å². The van der Waals surface area contributed by atoms with Crippen molar-refractivity contribution in [2.24, 2.45) is 5.92 Å². The summed E-state index contributed by atoms with van der Waals surface area (Å²) in [5.74, 6) is 1.18. The van der Waals surface area contributed by atoms with E-state index in [4.69, 9.17) is 21.1 Å². The van der Waals surface area contributed by atoms with E-state index in [-0.39, 0.29) is 11.7 Å². The fourth-order valence-corrected chi connectivity index (χ4v) is 6.18. The Hall–Kier alpha value is -0.820. The highest BCUT2D eigenvalue weighted by Gasteiger charge is 2.61. The molecule has 1 aromatic rings. The Balaban J connectivity index is 1.51. The molecule has 1 atom stereocenters. The van der Waals surface area contributed by atoms with E-state index in [1.165, 1.54) is 0 Å². The molecule has 0 bridgehead atoms. The number of likely N-dealkylation sites (tertiary alicyclic amines) is 1. The lowest BCUT2D eigenvalue weighted by molar-refractivity contribution is 0.0383. The van der Waals surface area contributed by atoms with Crippen molar-refractivity contribution in [3.63, 3.8) is 0 Å². The van der Waals surface area contributed by atoms with Crippen LogP contribution in [0.4, 0.5) is 0 Å². The molecule has 5 nitrogen and oxygen atoms in total. The molecular weight excluding hydrogens is 338 g/mol. The number of benzene rings is 1. The van der Waals surface area contributed by atoms with Crippen molar-refractivity contribution in [2.75, 3.05) is 45.7 Å². The second-order valence-electron chi connectivity index (χ2n) is 6.34. The molecule has 0 N–H and O–H groups in total. The van der Waals surface area contributed by atoms with Crippen LogP contribution in [0.3, 0.4) is 0 Å². The minimum absolute atomic E-state index is 0.117. The molecule has 2 fully saturated rings. The van der Waals surface area contributed by atoms with Crippen LogP contribution in [0, 0.1) is 5.92 Å². The Morgan fingerprint density at radius 3 is 2.65 bits per heavy atom. The zero-order valence-electron chi connectivity index (χ0n) is 13.2. The van der Waals surface area contributed by atoms with E-state index in [9.17, 15) is 8.42 Å². The number of nitrogens with zero attached hydrogens (tertiary/aromatic N) is 1. The first-order valence-electron chi connectivity index (χ1n) is 7.79. The highest BCUT2D eigenvalue weighted by atomic mass is 35.5. The summed E-state index contributed by atoms with van der Waals surface area (Å²) >= 11 is 5.83. The molecule has 7 heteroatoms. The van der Waals surface area contributed by atoms with Gasteiger partial charge in [0.1, 0.15) is 17.1 Å². The van der Waals surface area contributed by atoms with Gasteiger partial charge in [0.05, 0.1) is 12.4 Å². The van der Waals surface area contributed by atoms with Crippen molar-refractivity contribution in [1.82, 2.24) is 4.90 Å². The van der Waals surface area contributed by atoms with Gasteiger partial charge in [-0.2, -0.15) is 0 Å². The van der Waals surface area contributed by atoms with Crippen molar-refractivity contribution < 1.29 is 17.9 Å². The van der Waals surface area contributed by atoms with Crippen LogP contribution in [0.25, 0.3) is 0 Å². The zero-order valence-corrected chi connectivity index (χ0v) is 14.8. The van der Waals surface area contributed by atoms with Crippen LogP contribution in [-0.2, 0) is 14.6 Å². The van der Waals surface area contributed by atoms with E-state index in [0.717, 1.165) is 12.3 Å². The summed E-state index contributed by atoms with van der Waals surface area (Å²) in [6, 6.07) is 7.23. The van der Waals surface area contributed by atoms with Crippen molar-refractivity contribution in [1.29, 1.82) is 0 Å². The number of ether oxygens (including phenoxy) is 2. The fraction of sp³-hybridized carbons (Fsp3) is 0.625. The number of methoxy groups -OCH3 is 1. The fourth-order valence-electron chi connectivity index (χ4n) is 3.60. The van der Waals surface area contributed by atoms with Crippen LogP contribution < -0.4 is 4.74 Å². The van der Waals surface area contributed by atoms with E-state index in [0.29, 0.717) is 37.7 Å². The molecular formula is C16H22ClNO4S. The molecule has 1 aromatic carbocycles. The first kappa shape index (κ1) is 17.0. The lowest BCUT2D eigenvalue weighted by atomic mass is 9.84. The number of hydrogen-bond donors (Lipinski definition) is 0. The van der Waals surface area contributed by atoms with Crippen molar-refractivity contribution in [3.8, 4) is 5.75 Å². The average Bonchev–Trinajstić information content (AvgIpc) is 2.73. The van der Waals surface area contributed by atoms with E-state index in [2.05, 4.69) is 4.90 Å². The summed E-state index contributed by atoms with van der Waals surface area (Å²) in [5.41, 5.74) is 0. The normalized spacial score (nSPS) is 25.4. The van der Waals surface area contributed by atoms with E-state index >= 15 is 0 Å². The molecule has 0 amide bonds. The highest BCUT2D eigenvalue weighted by molar-refractivity contribution is 7.93. The predicted octanol–water partition coefficient (Wildman–Crippen LogP) is 1.85. The molecule has 2 heterocycles. The predicted molar refractivity (Wildman–Crippen MR) is 89.9 cm³/mol. The van der Waals surface area contributed by atoms with Gasteiger partial charge in [-0.25, -0.2) is 8.42 Å². The second-order valence-corrected chi connectivity index (χ2v) is 9.22. The van der Waals surface area contributed by atoms with E-state index < -0.39 is 14.6 Å². The molecule has 128 valence electrons. The number of rotatable bonds is 6. The second kappa shape index (κ2) is 6.59. The summed E-state index contributed by atoms with van der Waals surface area (Å²) in [4.78, 5) is 2.14. The van der Waals surface area contributed by atoms with Gasteiger partial charge in [0.15, 0.2) is 9.84 Å². The van der Waals surface area contributed by atoms with Crippen molar-refractivity contribution >= 4 is 21.4 Å². The van der Waals surface area contributed by atoms with Crippen molar-refractivity contribution in [3.05, 3.63) is 29.3 Å². The van der Waals surface area contributed by atoms with Gasteiger partial charge in [-0.05, 0) is 30.7 Å². The minimum atomic E-state index is -3.01. The number of hydrogen-bond acceptors (Lipinski definition) is 5. The summed E-state index contributed by atoms with van der Waals surface area (Å²) in [6.07, 6.45) is 0.714. The molecule has 0 radical (unpaired) electrons. The molecule has 2 aliphatic heterocycles. The topological polar surface area (TPSA) is 55.8 Å². The Bertz CT molecular complexity index is 641. The maximum atomic E-state index is 12.4. The third-order valence-corrected chi connectivity index (χ3v) is 7.79. The first-order valence-corrected chi connectivity index (χ1v) is 9.82. The van der Waals surface area contributed by atoms with Gasteiger partial charge in [-0.15, -0.1) is 0 Å². The maximum absolute atomic E-state index is 12.4. The molecule has 0 unspecified atom stereocenters. The largest absolute Gasteiger partial charge is 0.492 e. The lowest BCUT2D eigenvalue weighted by Gasteiger charge is -2.49. The highest BCUT2D eigenvalue weighted by Crippen LogP contribution is 2.44. The van der Waals surface area contributed by atoms with Gasteiger partial charge in [-0.3, -0.25) is 4.90 Å². The first-order chi connectivity index (χ1) is 11.0. The van der Waals surface area contributed by atoms with Crippen LogP contribution in [-0.4, -0.2) is 63.8 Å². The van der Waals surface area contributed by atoms with Gasteiger partial charge in [0, 0.05) is 37.7 Å². The third kappa shape index (κ3) is 3.22. The maximum Gasteiger partial charge on any atom is 0.158 e. The van der Waals surface area contributed by atoms with E-state index in [1.54, 1.807) is 19.2 Å². The zero-order chi connectivity index (χ0) is 16.5. The molecule has 0 saturated carbocycles. The van der Waals surface area contributed by atoms with Gasteiger partial charge in [0.2, 0.25) is 0 Å².